The zero-order valence-corrected chi connectivity index (χ0v) is 14.9. The Morgan fingerprint density at radius 1 is 1.08 bits per heavy atom. The van der Waals surface area contributed by atoms with E-state index in [1.807, 2.05) is 26.0 Å². The Balaban J connectivity index is 2.16. The van der Waals surface area contributed by atoms with Gasteiger partial charge < -0.3 is 4.57 Å². The van der Waals surface area contributed by atoms with Crippen LogP contribution in [-0.4, -0.2) is 24.5 Å². The first-order valence-electron chi connectivity index (χ1n) is 7.98. The van der Waals surface area contributed by atoms with Crippen LogP contribution < -0.4 is 11.2 Å². The highest BCUT2D eigenvalue weighted by atomic mass is 16.2. The number of Topliss-reactive ketones (excluding diaryl/α,β-unsaturated/α-hetero) is 1. The van der Waals surface area contributed by atoms with E-state index in [4.69, 9.17) is 0 Å². The number of nitrogens with zero attached hydrogens (tertiary/aromatic N) is 4. The molecule has 0 bridgehead atoms. The van der Waals surface area contributed by atoms with Crippen LogP contribution in [0.15, 0.2) is 34.1 Å². The number of imidazole rings is 1. The second kappa shape index (κ2) is 5.84. The summed E-state index contributed by atoms with van der Waals surface area (Å²) >= 11 is 0. The van der Waals surface area contributed by atoms with Gasteiger partial charge in [-0.15, -0.1) is 0 Å². The summed E-state index contributed by atoms with van der Waals surface area (Å²) in [7, 11) is 2.97. The minimum absolute atomic E-state index is 0.113. The molecular weight excluding hydrogens is 320 g/mol. The Labute approximate surface area is 144 Å². The third-order valence-electron chi connectivity index (χ3n) is 4.76. The average Bonchev–Trinajstić information content (AvgIpc) is 3.04. The van der Waals surface area contributed by atoms with Crippen LogP contribution >= 0.6 is 0 Å². The van der Waals surface area contributed by atoms with E-state index in [1.54, 1.807) is 20.0 Å². The van der Waals surface area contributed by atoms with Gasteiger partial charge in [-0.05, 0) is 38.0 Å². The van der Waals surface area contributed by atoms with Crippen LogP contribution in [0.1, 0.15) is 34.5 Å². The second-order valence-electron chi connectivity index (χ2n) is 6.37. The van der Waals surface area contributed by atoms with Crippen molar-refractivity contribution >= 4 is 16.9 Å². The van der Waals surface area contributed by atoms with Crippen LogP contribution in [0.3, 0.4) is 0 Å². The van der Waals surface area contributed by atoms with Crippen molar-refractivity contribution < 1.29 is 4.79 Å². The number of hydrogen-bond donors (Lipinski definition) is 0. The van der Waals surface area contributed by atoms with Gasteiger partial charge in [0.2, 0.25) is 0 Å². The summed E-state index contributed by atoms with van der Waals surface area (Å²) in [4.78, 5) is 41.6. The molecule has 0 saturated carbocycles. The number of rotatable bonds is 3. The molecule has 0 aliphatic heterocycles. The van der Waals surface area contributed by atoms with Gasteiger partial charge in [-0.25, -0.2) is 9.78 Å². The topological polar surface area (TPSA) is 78.9 Å². The van der Waals surface area contributed by atoms with E-state index < -0.39 is 17.3 Å². The van der Waals surface area contributed by atoms with E-state index in [0.717, 1.165) is 15.7 Å². The van der Waals surface area contributed by atoms with Gasteiger partial charge >= 0.3 is 5.69 Å². The number of ketones is 1. The molecule has 1 atom stereocenters. The minimum atomic E-state index is -0.614. The second-order valence-corrected chi connectivity index (χ2v) is 6.37. The molecule has 0 unspecified atom stereocenters. The predicted octanol–water partition coefficient (Wildman–Crippen LogP) is 1.49. The molecule has 3 rings (SSSR count). The van der Waals surface area contributed by atoms with Gasteiger partial charge in [0, 0.05) is 19.7 Å². The summed E-state index contributed by atoms with van der Waals surface area (Å²) in [5.41, 5.74) is 2.33. The van der Waals surface area contributed by atoms with Crippen molar-refractivity contribution in [2.24, 2.45) is 14.1 Å². The highest BCUT2D eigenvalue weighted by molar-refractivity contribution is 5.99. The average molecular weight is 340 g/mol. The Kier molecular flexibility index (Phi) is 3.94. The molecule has 0 amide bonds. The van der Waals surface area contributed by atoms with Gasteiger partial charge in [0.1, 0.15) is 0 Å². The Morgan fingerprint density at radius 2 is 1.76 bits per heavy atom. The third-order valence-corrected chi connectivity index (χ3v) is 4.76. The molecule has 0 spiro atoms. The number of fused-ring (bicyclic) bond motifs is 1. The number of carbonyl (C=O) groups is 1. The van der Waals surface area contributed by atoms with Crippen LogP contribution in [0.5, 0.6) is 0 Å². The number of carbonyl (C=O) groups excluding carboxylic acids is 1. The van der Waals surface area contributed by atoms with Gasteiger partial charge in [0.15, 0.2) is 16.9 Å². The fraction of sp³-hybridized carbons (Fsp3) is 0.333. The molecule has 1 aromatic carbocycles. The van der Waals surface area contributed by atoms with E-state index in [9.17, 15) is 14.4 Å². The van der Waals surface area contributed by atoms with Crippen molar-refractivity contribution in [1.82, 2.24) is 18.7 Å². The summed E-state index contributed by atoms with van der Waals surface area (Å²) in [6, 6.07) is 4.93. The lowest BCUT2D eigenvalue weighted by Crippen LogP contribution is -2.38. The molecule has 0 aliphatic rings. The molecule has 0 fully saturated rings. The molecule has 25 heavy (non-hydrogen) atoms. The number of hydrogen-bond acceptors (Lipinski definition) is 4. The van der Waals surface area contributed by atoms with Crippen molar-refractivity contribution in [3.8, 4) is 0 Å². The third kappa shape index (κ3) is 2.52. The van der Waals surface area contributed by atoms with Gasteiger partial charge in [-0.3, -0.25) is 18.7 Å². The van der Waals surface area contributed by atoms with Crippen LogP contribution in [0, 0.1) is 13.8 Å². The maximum Gasteiger partial charge on any atom is 0.332 e. The minimum Gasteiger partial charge on any atom is -0.314 e. The lowest BCUT2D eigenvalue weighted by Gasteiger charge is -2.14. The molecule has 2 heterocycles. The van der Waals surface area contributed by atoms with Crippen LogP contribution in [0.25, 0.3) is 11.2 Å². The van der Waals surface area contributed by atoms with Gasteiger partial charge in [-0.2, -0.15) is 0 Å². The van der Waals surface area contributed by atoms with Crippen LogP contribution in [0.2, 0.25) is 0 Å². The lowest BCUT2D eigenvalue weighted by molar-refractivity contribution is 0.0936. The largest absolute Gasteiger partial charge is 0.332 e. The predicted molar refractivity (Wildman–Crippen MR) is 95.2 cm³/mol. The quantitative estimate of drug-likeness (QED) is 0.677. The monoisotopic (exact) mass is 340 g/mol. The molecule has 0 N–H and O–H groups in total. The van der Waals surface area contributed by atoms with Gasteiger partial charge in [0.25, 0.3) is 5.56 Å². The summed E-state index contributed by atoms with van der Waals surface area (Å²) in [5, 5.41) is 0. The highest BCUT2D eigenvalue weighted by Gasteiger charge is 2.22. The Bertz CT molecular complexity index is 1120. The fourth-order valence-electron chi connectivity index (χ4n) is 2.92. The SMILES string of the molecule is Cc1ccc(C(=O)[C@@H](C)n2cnc3c2c(=O)n(C)c(=O)n3C)cc1C. The molecule has 2 aromatic heterocycles. The first-order chi connectivity index (χ1) is 11.7. The van der Waals surface area contributed by atoms with E-state index in [0.29, 0.717) is 5.56 Å². The maximum absolute atomic E-state index is 12.9. The highest BCUT2D eigenvalue weighted by Crippen LogP contribution is 2.20. The van der Waals surface area contributed by atoms with Crippen molar-refractivity contribution in [1.29, 1.82) is 0 Å². The summed E-state index contributed by atoms with van der Waals surface area (Å²) in [6.45, 7) is 5.67. The first-order valence-corrected chi connectivity index (χ1v) is 7.98. The number of aromatic nitrogens is 4. The summed E-state index contributed by atoms with van der Waals surface area (Å²) < 4.78 is 3.86. The molecule has 7 nitrogen and oxygen atoms in total. The maximum atomic E-state index is 12.9. The fourth-order valence-corrected chi connectivity index (χ4v) is 2.92. The van der Waals surface area contributed by atoms with Crippen LogP contribution in [-0.2, 0) is 14.1 Å². The smallest absolute Gasteiger partial charge is 0.314 e. The van der Waals surface area contributed by atoms with E-state index in [1.165, 1.54) is 22.5 Å². The van der Waals surface area contributed by atoms with Gasteiger partial charge in [-0.1, -0.05) is 12.1 Å². The van der Waals surface area contributed by atoms with Gasteiger partial charge in [0.05, 0.1) is 12.4 Å². The molecule has 0 aliphatic carbocycles. The van der Waals surface area contributed by atoms with E-state index >= 15 is 0 Å². The Hall–Kier alpha value is -2.96. The molecule has 7 heteroatoms. The number of aryl methyl sites for hydroxylation is 3. The van der Waals surface area contributed by atoms with E-state index in [2.05, 4.69) is 4.98 Å². The summed E-state index contributed by atoms with van der Waals surface area (Å²) in [5.74, 6) is -0.113. The molecular formula is C18H20N4O3. The molecule has 0 saturated heterocycles. The molecule has 130 valence electrons. The summed E-state index contributed by atoms with van der Waals surface area (Å²) in [6.07, 6.45) is 1.44. The van der Waals surface area contributed by atoms with Crippen molar-refractivity contribution in [3.63, 3.8) is 0 Å². The van der Waals surface area contributed by atoms with Crippen molar-refractivity contribution in [2.45, 2.75) is 26.8 Å². The molecule has 0 radical (unpaired) electrons. The first kappa shape index (κ1) is 16.9. The number of benzene rings is 1. The standard InChI is InChI=1S/C18H20N4O3/c1-10-6-7-13(8-11(10)2)15(23)12(3)22-9-19-16-14(22)17(24)21(5)18(25)20(16)4/h6-9,12H,1-5H3/t12-/m1/s1. The van der Waals surface area contributed by atoms with E-state index in [-0.39, 0.29) is 16.9 Å². The zero-order valence-electron chi connectivity index (χ0n) is 14.9. The molecule has 3 aromatic rings. The van der Waals surface area contributed by atoms with Crippen LogP contribution in [0.4, 0.5) is 0 Å². The zero-order chi connectivity index (χ0) is 18.5. The normalized spacial score (nSPS) is 12.5. The van der Waals surface area contributed by atoms with Crippen molar-refractivity contribution in [2.75, 3.05) is 0 Å². The van der Waals surface area contributed by atoms with Crippen molar-refractivity contribution in [3.05, 3.63) is 62.1 Å². The Morgan fingerprint density at radius 3 is 2.40 bits per heavy atom. The lowest BCUT2D eigenvalue weighted by atomic mass is 10.0.